The molecule has 0 saturated carbocycles. The number of hydrogen-bond donors (Lipinski definition) is 0. The minimum Gasteiger partial charge on any atom is -0.484 e. The zero-order chi connectivity index (χ0) is 23.3. The van der Waals surface area contributed by atoms with Gasteiger partial charge in [0.15, 0.2) is 6.61 Å². The summed E-state index contributed by atoms with van der Waals surface area (Å²) < 4.78 is 5.72. The van der Waals surface area contributed by atoms with Crippen LogP contribution in [0.1, 0.15) is 49.0 Å². The molecule has 1 aliphatic rings. The Hall–Kier alpha value is -3.02. The lowest BCUT2D eigenvalue weighted by molar-refractivity contribution is -0.139. The van der Waals surface area contributed by atoms with Crippen molar-refractivity contribution in [2.24, 2.45) is 0 Å². The Balaban J connectivity index is 1.53. The fraction of sp³-hybridized carbons (Fsp3) is 0.462. The molecule has 1 heterocycles. The van der Waals surface area contributed by atoms with Crippen LogP contribution < -0.4 is 9.64 Å². The van der Waals surface area contributed by atoms with Crippen LogP contribution in [0.3, 0.4) is 0 Å². The number of anilines is 1. The highest BCUT2D eigenvalue weighted by atomic mass is 16.5. The van der Waals surface area contributed by atoms with Gasteiger partial charge in [-0.2, -0.15) is 0 Å². The summed E-state index contributed by atoms with van der Waals surface area (Å²) in [6.07, 6.45) is 3.25. The van der Waals surface area contributed by atoms with Gasteiger partial charge in [-0.1, -0.05) is 12.1 Å². The molecule has 1 saturated heterocycles. The third-order valence-electron chi connectivity index (χ3n) is 6.16. The van der Waals surface area contributed by atoms with Crippen LogP contribution in [0.2, 0.25) is 0 Å². The Morgan fingerprint density at radius 3 is 2.09 bits per heavy atom. The summed E-state index contributed by atoms with van der Waals surface area (Å²) in [5.41, 5.74) is 2.79. The molecule has 2 atom stereocenters. The van der Waals surface area contributed by atoms with E-state index in [1.807, 2.05) is 48.2 Å². The van der Waals surface area contributed by atoms with E-state index in [0.29, 0.717) is 17.9 Å². The topological polar surface area (TPSA) is 53.1 Å². The summed E-state index contributed by atoms with van der Waals surface area (Å²) in [4.78, 5) is 31.1. The number of nitrogens with zero attached hydrogens (tertiary/aromatic N) is 3. The van der Waals surface area contributed by atoms with Gasteiger partial charge in [0.25, 0.3) is 11.8 Å². The van der Waals surface area contributed by atoms with E-state index < -0.39 is 0 Å². The van der Waals surface area contributed by atoms with Gasteiger partial charge in [-0.3, -0.25) is 9.59 Å². The Labute approximate surface area is 191 Å². The average molecular weight is 438 g/mol. The second-order valence-corrected chi connectivity index (χ2v) is 8.97. The monoisotopic (exact) mass is 437 g/mol. The van der Waals surface area contributed by atoms with Gasteiger partial charge in [-0.15, -0.1) is 0 Å². The van der Waals surface area contributed by atoms with E-state index in [9.17, 15) is 9.59 Å². The van der Waals surface area contributed by atoms with Crippen LogP contribution in [0.25, 0.3) is 0 Å². The van der Waals surface area contributed by atoms with Crippen LogP contribution in [0, 0.1) is 0 Å². The minimum atomic E-state index is -0.0553. The number of rotatable bonds is 7. The SMILES string of the molecule is CC1CCCC(C)N1C(=O)COc1ccc(C(=O)N(C)Cc2ccc(N(C)C)cc2)cc1. The molecule has 0 aromatic heterocycles. The molecule has 2 aromatic rings. The van der Waals surface area contributed by atoms with E-state index in [-0.39, 0.29) is 30.5 Å². The predicted octanol–water partition coefficient (Wildman–Crippen LogP) is 4.19. The molecule has 1 fully saturated rings. The van der Waals surface area contributed by atoms with Gasteiger partial charge in [-0.05, 0) is 75.1 Å². The van der Waals surface area contributed by atoms with E-state index in [2.05, 4.69) is 13.8 Å². The van der Waals surface area contributed by atoms with E-state index in [4.69, 9.17) is 4.74 Å². The van der Waals surface area contributed by atoms with Crippen LogP contribution in [0.4, 0.5) is 5.69 Å². The van der Waals surface area contributed by atoms with E-state index >= 15 is 0 Å². The zero-order valence-corrected chi connectivity index (χ0v) is 19.9. The summed E-state index contributed by atoms with van der Waals surface area (Å²) in [6, 6.07) is 15.7. The molecule has 32 heavy (non-hydrogen) atoms. The van der Waals surface area contributed by atoms with Gasteiger partial charge in [0.2, 0.25) is 0 Å². The van der Waals surface area contributed by atoms with E-state index in [1.165, 1.54) is 0 Å². The van der Waals surface area contributed by atoms with Crippen LogP contribution in [-0.2, 0) is 11.3 Å². The maximum Gasteiger partial charge on any atom is 0.260 e. The van der Waals surface area contributed by atoms with Gasteiger partial charge in [0, 0.05) is 51.0 Å². The van der Waals surface area contributed by atoms with Gasteiger partial charge in [0.05, 0.1) is 0 Å². The quantitative estimate of drug-likeness (QED) is 0.652. The van der Waals surface area contributed by atoms with Gasteiger partial charge >= 0.3 is 0 Å². The highest BCUT2D eigenvalue weighted by Gasteiger charge is 2.29. The number of amides is 2. The van der Waals surface area contributed by atoms with Crippen LogP contribution in [-0.4, -0.2) is 61.4 Å². The minimum absolute atomic E-state index is 0.0184. The number of ether oxygens (including phenoxy) is 1. The second-order valence-electron chi connectivity index (χ2n) is 8.97. The highest BCUT2D eigenvalue weighted by Crippen LogP contribution is 2.23. The Bertz CT molecular complexity index is 899. The van der Waals surface area contributed by atoms with Crippen molar-refractivity contribution < 1.29 is 14.3 Å². The number of carbonyl (C=O) groups is 2. The predicted molar refractivity (Wildman–Crippen MR) is 128 cm³/mol. The smallest absolute Gasteiger partial charge is 0.260 e. The number of benzene rings is 2. The number of hydrogen-bond acceptors (Lipinski definition) is 4. The van der Waals surface area contributed by atoms with E-state index in [1.54, 1.807) is 36.2 Å². The fourth-order valence-electron chi connectivity index (χ4n) is 4.29. The van der Waals surface area contributed by atoms with Crippen molar-refractivity contribution in [1.29, 1.82) is 0 Å². The molecule has 1 aliphatic heterocycles. The molecule has 2 unspecified atom stereocenters. The van der Waals surface area contributed by atoms with Gasteiger partial charge < -0.3 is 19.4 Å². The van der Waals surface area contributed by atoms with Crippen LogP contribution >= 0.6 is 0 Å². The zero-order valence-electron chi connectivity index (χ0n) is 19.9. The lowest BCUT2D eigenvalue weighted by Crippen LogP contribution is -2.49. The average Bonchev–Trinajstić information content (AvgIpc) is 2.77. The highest BCUT2D eigenvalue weighted by molar-refractivity contribution is 5.94. The van der Waals surface area contributed by atoms with Crippen LogP contribution in [0.5, 0.6) is 5.75 Å². The molecule has 6 heteroatoms. The Morgan fingerprint density at radius 2 is 1.53 bits per heavy atom. The summed E-state index contributed by atoms with van der Waals surface area (Å²) in [5, 5.41) is 0. The molecule has 0 N–H and O–H groups in total. The number of likely N-dealkylation sites (tertiary alicyclic amines) is 1. The fourth-order valence-corrected chi connectivity index (χ4v) is 4.29. The standard InChI is InChI=1S/C26H35N3O3/c1-19-7-6-8-20(2)29(19)25(30)18-32-24-15-11-22(12-16-24)26(31)28(5)17-21-9-13-23(14-10-21)27(3)4/h9-16,19-20H,6-8,17-18H2,1-5H3. The first kappa shape index (κ1) is 23.6. The third kappa shape index (κ3) is 5.81. The summed E-state index contributed by atoms with van der Waals surface area (Å²) in [7, 11) is 5.80. The molecular weight excluding hydrogens is 402 g/mol. The molecule has 0 aliphatic carbocycles. The molecule has 6 nitrogen and oxygen atoms in total. The molecule has 2 amide bonds. The van der Waals surface area contributed by atoms with Crippen molar-refractivity contribution in [3.8, 4) is 5.75 Å². The van der Waals surface area contributed by atoms with Crippen molar-refractivity contribution in [3.63, 3.8) is 0 Å². The molecular formula is C26H35N3O3. The molecule has 172 valence electrons. The maximum absolute atomic E-state index is 12.8. The lowest BCUT2D eigenvalue weighted by Gasteiger charge is -2.38. The molecule has 3 rings (SSSR count). The summed E-state index contributed by atoms with van der Waals surface area (Å²) in [6.45, 7) is 4.75. The summed E-state index contributed by atoms with van der Waals surface area (Å²) >= 11 is 0. The Morgan fingerprint density at radius 1 is 0.938 bits per heavy atom. The summed E-state index contributed by atoms with van der Waals surface area (Å²) in [5.74, 6) is 0.555. The first-order valence-corrected chi connectivity index (χ1v) is 11.3. The van der Waals surface area contributed by atoms with Gasteiger partial charge in [0.1, 0.15) is 5.75 Å². The molecule has 0 bridgehead atoms. The maximum atomic E-state index is 12.8. The van der Waals surface area contributed by atoms with Gasteiger partial charge in [-0.25, -0.2) is 0 Å². The van der Waals surface area contributed by atoms with Crippen molar-refractivity contribution in [3.05, 3.63) is 59.7 Å². The van der Waals surface area contributed by atoms with Crippen molar-refractivity contribution >= 4 is 17.5 Å². The normalized spacial score (nSPS) is 18.2. The Kier molecular flexibility index (Phi) is 7.78. The first-order chi connectivity index (χ1) is 15.3. The lowest BCUT2D eigenvalue weighted by atomic mass is 9.97. The van der Waals surface area contributed by atoms with Crippen molar-refractivity contribution in [2.75, 3.05) is 32.6 Å². The van der Waals surface area contributed by atoms with E-state index in [0.717, 1.165) is 30.5 Å². The molecule has 2 aromatic carbocycles. The van der Waals surface area contributed by atoms with Crippen molar-refractivity contribution in [2.45, 2.75) is 51.7 Å². The third-order valence-corrected chi connectivity index (χ3v) is 6.16. The van der Waals surface area contributed by atoms with Crippen molar-refractivity contribution in [1.82, 2.24) is 9.80 Å². The number of piperidine rings is 1. The molecule has 0 spiro atoms. The first-order valence-electron chi connectivity index (χ1n) is 11.3. The second kappa shape index (κ2) is 10.5. The molecule has 0 radical (unpaired) electrons. The number of carbonyl (C=O) groups excluding carboxylic acids is 2. The van der Waals surface area contributed by atoms with Crippen LogP contribution in [0.15, 0.2) is 48.5 Å². The largest absolute Gasteiger partial charge is 0.484 e.